The molecule has 2 aliphatic rings. The molecule has 0 radical (unpaired) electrons. The molecule has 1 aromatic rings. The van der Waals surface area contributed by atoms with Gasteiger partial charge in [0.2, 0.25) is 0 Å². The number of hydrogen-bond donors (Lipinski definition) is 0. The van der Waals surface area contributed by atoms with Crippen LogP contribution in [-0.4, -0.2) is 41.2 Å². The summed E-state index contributed by atoms with van der Waals surface area (Å²) >= 11 is 0. The van der Waals surface area contributed by atoms with Crippen LogP contribution in [0.5, 0.6) is 0 Å². The Labute approximate surface area is 127 Å². The zero-order valence-corrected chi connectivity index (χ0v) is 13.1. The van der Waals surface area contributed by atoms with Gasteiger partial charge in [0.1, 0.15) is 5.82 Å². The molecule has 0 bridgehead atoms. The Bertz CT molecular complexity index is 428. The fourth-order valence-corrected chi connectivity index (χ4v) is 3.74. The normalized spacial score (nSPS) is 24.5. The van der Waals surface area contributed by atoms with Crippen LogP contribution in [-0.2, 0) is 11.3 Å². The molecule has 1 aliphatic heterocycles. The molecule has 116 valence electrons. The van der Waals surface area contributed by atoms with E-state index in [1.54, 1.807) is 7.11 Å². The third-order valence-electron chi connectivity index (χ3n) is 4.94. The van der Waals surface area contributed by atoms with Crippen molar-refractivity contribution in [1.29, 1.82) is 0 Å². The van der Waals surface area contributed by atoms with Crippen LogP contribution < -0.4 is 0 Å². The number of methoxy groups -OCH3 is 1. The van der Waals surface area contributed by atoms with Crippen LogP contribution in [0, 0.1) is 0 Å². The average molecular weight is 289 g/mol. The second-order valence-corrected chi connectivity index (χ2v) is 6.51. The highest BCUT2D eigenvalue weighted by Gasteiger charge is 2.24. The second-order valence-electron chi connectivity index (χ2n) is 6.51. The summed E-state index contributed by atoms with van der Waals surface area (Å²) in [5, 5.41) is 0. The molecule has 2 heterocycles. The van der Waals surface area contributed by atoms with Crippen LogP contribution in [0.2, 0.25) is 0 Å². The van der Waals surface area contributed by atoms with E-state index in [1.807, 2.05) is 12.4 Å². The zero-order valence-electron chi connectivity index (χ0n) is 13.1. The molecule has 1 saturated heterocycles. The van der Waals surface area contributed by atoms with E-state index in [9.17, 15) is 0 Å². The first-order chi connectivity index (χ1) is 10.4. The summed E-state index contributed by atoms with van der Waals surface area (Å²) < 4.78 is 5.32. The van der Waals surface area contributed by atoms with Crippen molar-refractivity contribution in [3.05, 3.63) is 23.8 Å². The Morgan fingerprint density at radius 1 is 1.10 bits per heavy atom. The van der Waals surface area contributed by atoms with Gasteiger partial charge in [-0.3, -0.25) is 4.90 Å². The highest BCUT2D eigenvalue weighted by Crippen LogP contribution is 2.30. The van der Waals surface area contributed by atoms with Gasteiger partial charge in [-0.25, -0.2) is 9.97 Å². The van der Waals surface area contributed by atoms with Gasteiger partial charge in [-0.15, -0.1) is 0 Å². The first-order valence-corrected chi connectivity index (χ1v) is 8.40. The van der Waals surface area contributed by atoms with Gasteiger partial charge < -0.3 is 4.74 Å². The monoisotopic (exact) mass is 289 g/mol. The summed E-state index contributed by atoms with van der Waals surface area (Å²) in [5.41, 5.74) is 1.23. The molecule has 1 aromatic heterocycles. The van der Waals surface area contributed by atoms with E-state index in [0.717, 1.165) is 19.0 Å². The van der Waals surface area contributed by atoms with E-state index in [-0.39, 0.29) is 0 Å². The number of ether oxygens (including phenoxy) is 1. The smallest absolute Gasteiger partial charge is 0.131 e. The predicted octanol–water partition coefficient (Wildman–Crippen LogP) is 3.14. The fourth-order valence-electron chi connectivity index (χ4n) is 3.74. The molecule has 2 fully saturated rings. The molecule has 4 heteroatoms. The topological polar surface area (TPSA) is 38.2 Å². The van der Waals surface area contributed by atoms with Crippen molar-refractivity contribution in [2.75, 3.05) is 20.3 Å². The minimum Gasteiger partial charge on any atom is -0.383 e. The molecule has 1 saturated carbocycles. The van der Waals surface area contributed by atoms with Crippen LogP contribution in [0.15, 0.2) is 12.4 Å². The van der Waals surface area contributed by atoms with Crippen molar-refractivity contribution in [2.45, 2.75) is 63.5 Å². The highest BCUT2D eigenvalue weighted by molar-refractivity contribution is 5.08. The third kappa shape index (κ3) is 3.80. The van der Waals surface area contributed by atoms with Crippen LogP contribution in [0.25, 0.3) is 0 Å². The summed E-state index contributed by atoms with van der Waals surface area (Å²) in [7, 11) is 1.79. The third-order valence-corrected chi connectivity index (χ3v) is 4.94. The van der Waals surface area contributed by atoms with Crippen molar-refractivity contribution in [2.24, 2.45) is 0 Å². The standard InChI is InChI=1S/C17H27N3O/c1-21-13-16-8-5-9-20(16)12-14-10-18-17(19-11-14)15-6-3-2-4-7-15/h10-11,15-16H,2-9,12-13H2,1H3/t16-/m0/s1. The summed E-state index contributed by atoms with van der Waals surface area (Å²) in [4.78, 5) is 11.8. The predicted molar refractivity (Wildman–Crippen MR) is 83.2 cm³/mol. The molecular formula is C17H27N3O. The first-order valence-electron chi connectivity index (χ1n) is 8.40. The number of likely N-dealkylation sites (tertiary alicyclic amines) is 1. The molecule has 4 nitrogen and oxygen atoms in total. The van der Waals surface area contributed by atoms with Gasteiger partial charge in [0.05, 0.1) is 6.61 Å². The Balaban J connectivity index is 1.59. The lowest BCUT2D eigenvalue weighted by Gasteiger charge is -2.24. The van der Waals surface area contributed by atoms with Crippen molar-refractivity contribution in [3.63, 3.8) is 0 Å². The molecule has 1 aliphatic carbocycles. The molecular weight excluding hydrogens is 262 g/mol. The SMILES string of the molecule is COC[C@@H]1CCCN1Cc1cnc(C2CCCCC2)nc1. The number of aromatic nitrogens is 2. The van der Waals surface area contributed by atoms with Crippen molar-refractivity contribution >= 4 is 0 Å². The quantitative estimate of drug-likeness (QED) is 0.834. The first kappa shape index (κ1) is 14.9. The largest absolute Gasteiger partial charge is 0.383 e. The summed E-state index contributed by atoms with van der Waals surface area (Å²) in [6.45, 7) is 2.96. The van der Waals surface area contributed by atoms with Gasteiger partial charge in [-0.05, 0) is 32.2 Å². The van der Waals surface area contributed by atoms with Crippen molar-refractivity contribution < 1.29 is 4.74 Å². The molecule has 0 unspecified atom stereocenters. The molecule has 0 amide bonds. The van der Waals surface area contributed by atoms with E-state index in [1.165, 1.54) is 57.1 Å². The maximum atomic E-state index is 5.32. The van der Waals surface area contributed by atoms with Gasteiger partial charge in [-0.1, -0.05) is 19.3 Å². The van der Waals surface area contributed by atoms with E-state index < -0.39 is 0 Å². The maximum Gasteiger partial charge on any atom is 0.131 e. The lowest BCUT2D eigenvalue weighted by molar-refractivity contribution is 0.111. The van der Waals surface area contributed by atoms with Crippen molar-refractivity contribution in [3.8, 4) is 0 Å². The number of nitrogens with zero attached hydrogens (tertiary/aromatic N) is 3. The van der Waals surface area contributed by atoms with Crippen LogP contribution in [0.4, 0.5) is 0 Å². The van der Waals surface area contributed by atoms with Gasteiger partial charge >= 0.3 is 0 Å². The molecule has 0 spiro atoms. The number of rotatable bonds is 5. The lowest BCUT2D eigenvalue weighted by Crippen LogP contribution is -2.32. The van der Waals surface area contributed by atoms with Gasteiger partial charge in [0.15, 0.2) is 0 Å². The van der Waals surface area contributed by atoms with E-state index in [4.69, 9.17) is 4.74 Å². The maximum absolute atomic E-state index is 5.32. The van der Waals surface area contributed by atoms with E-state index in [0.29, 0.717) is 12.0 Å². The molecule has 0 N–H and O–H groups in total. The van der Waals surface area contributed by atoms with Gasteiger partial charge in [0, 0.05) is 43.6 Å². The van der Waals surface area contributed by atoms with Crippen LogP contribution >= 0.6 is 0 Å². The zero-order chi connectivity index (χ0) is 14.5. The lowest BCUT2D eigenvalue weighted by atomic mass is 9.89. The minimum absolute atomic E-state index is 0.563. The minimum atomic E-state index is 0.563. The van der Waals surface area contributed by atoms with E-state index >= 15 is 0 Å². The average Bonchev–Trinajstić information content (AvgIpc) is 2.96. The second kappa shape index (κ2) is 7.32. The van der Waals surface area contributed by atoms with E-state index in [2.05, 4.69) is 14.9 Å². The highest BCUT2D eigenvalue weighted by atomic mass is 16.5. The fraction of sp³-hybridized carbons (Fsp3) is 0.765. The van der Waals surface area contributed by atoms with Crippen LogP contribution in [0.3, 0.4) is 0 Å². The van der Waals surface area contributed by atoms with Gasteiger partial charge in [0.25, 0.3) is 0 Å². The summed E-state index contributed by atoms with van der Waals surface area (Å²) in [6.07, 6.45) is 13.2. The molecule has 21 heavy (non-hydrogen) atoms. The Morgan fingerprint density at radius 3 is 2.57 bits per heavy atom. The Kier molecular flexibility index (Phi) is 5.20. The number of hydrogen-bond acceptors (Lipinski definition) is 4. The van der Waals surface area contributed by atoms with Crippen LogP contribution in [0.1, 0.15) is 62.3 Å². The van der Waals surface area contributed by atoms with Crippen molar-refractivity contribution in [1.82, 2.24) is 14.9 Å². The summed E-state index contributed by atoms with van der Waals surface area (Å²) in [6, 6.07) is 0.563. The molecule has 1 atom stereocenters. The van der Waals surface area contributed by atoms with Gasteiger partial charge in [-0.2, -0.15) is 0 Å². The Morgan fingerprint density at radius 2 is 1.86 bits per heavy atom. The molecule has 0 aromatic carbocycles. The molecule has 3 rings (SSSR count). The Hall–Kier alpha value is -1.00. The summed E-state index contributed by atoms with van der Waals surface area (Å²) in [5.74, 6) is 1.66.